The van der Waals surface area contributed by atoms with Gasteiger partial charge in [-0.05, 0) is 12.0 Å². The van der Waals surface area contributed by atoms with E-state index in [-0.39, 0.29) is 0 Å². The minimum Gasteiger partial charge on any atom is -0.328 e. The maximum Gasteiger partial charge on any atom is 0.0568 e. The number of nitrogens with two attached hydrogens (primary N) is 2. The average molecular weight is 176 g/mol. The summed E-state index contributed by atoms with van der Waals surface area (Å²) in [5.74, 6) is 0. The van der Waals surface area contributed by atoms with Crippen LogP contribution in [-0.2, 0) is 5.54 Å². The summed E-state index contributed by atoms with van der Waals surface area (Å²) < 4.78 is 0. The van der Waals surface area contributed by atoms with Crippen molar-refractivity contribution in [2.45, 2.75) is 12.0 Å². The first-order valence-corrected chi connectivity index (χ1v) is 4.38. The van der Waals surface area contributed by atoms with Gasteiger partial charge in [0.2, 0.25) is 0 Å². The van der Waals surface area contributed by atoms with E-state index in [9.17, 15) is 0 Å². The largest absolute Gasteiger partial charge is 0.328 e. The lowest BCUT2D eigenvalue weighted by Gasteiger charge is -2.27. The zero-order valence-corrected chi connectivity index (χ0v) is 7.74. The van der Waals surface area contributed by atoms with Gasteiger partial charge in [0.1, 0.15) is 0 Å². The van der Waals surface area contributed by atoms with Gasteiger partial charge in [0.25, 0.3) is 0 Å². The lowest BCUT2D eigenvalue weighted by atomic mass is 9.88. The summed E-state index contributed by atoms with van der Waals surface area (Å²) in [7, 11) is 0. The Balaban J connectivity index is 2.95. The van der Waals surface area contributed by atoms with Crippen LogP contribution in [0.1, 0.15) is 12.0 Å². The van der Waals surface area contributed by atoms with Crippen molar-refractivity contribution in [2.24, 2.45) is 11.5 Å². The summed E-state index contributed by atoms with van der Waals surface area (Å²) >= 11 is 0. The van der Waals surface area contributed by atoms with Crippen LogP contribution in [0.5, 0.6) is 0 Å². The van der Waals surface area contributed by atoms with Crippen LogP contribution in [-0.4, -0.2) is 6.54 Å². The standard InChI is InChI=1S/C11H16N2/c1-2-8-11(13,9-12)10-6-4-3-5-7-10/h2-7H,1,8-9,12-13H2. The van der Waals surface area contributed by atoms with Crippen LogP contribution < -0.4 is 11.5 Å². The lowest BCUT2D eigenvalue weighted by molar-refractivity contribution is 0.462. The molecule has 0 fully saturated rings. The summed E-state index contributed by atoms with van der Waals surface area (Å²) in [5, 5.41) is 0. The third kappa shape index (κ3) is 2.17. The zero-order valence-electron chi connectivity index (χ0n) is 7.74. The maximum absolute atomic E-state index is 6.13. The van der Waals surface area contributed by atoms with E-state index in [1.807, 2.05) is 30.3 Å². The van der Waals surface area contributed by atoms with E-state index in [2.05, 4.69) is 6.58 Å². The van der Waals surface area contributed by atoms with E-state index in [0.717, 1.165) is 5.56 Å². The van der Waals surface area contributed by atoms with E-state index in [1.165, 1.54) is 0 Å². The minimum absolute atomic E-state index is 0.434. The van der Waals surface area contributed by atoms with Gasteiger partial charge in [0.05, 0.1) is 5.54 Å². The Bertz CT molecular complexity index is 269. The third-order valence-corrected chi connectivity index (χ3v) is 2.22. The van der Waals surface area contributed by atoms with Crippen molar-refractivity contribution in [2.75, 3.05) is 6.54 Å². The third-order valence-electron chi connectivity index (χ3n) is 2.22. The van der Waals surface area contributed by atoms with Crippen molar-refractivity contribution >= 4 is 0 Å². The maximum atomic E-state index is 6.13. The molecule has 0 aliphatic carbocycles. The zero-order chi connectivity index (χ0) is 9.73. The molecule has 1 unspecified atom stereocenters. The van der Waals surface area contributed by atoms with E-state index in [1.54, 1.807) is 6.08 Å². The molecule has 0 saturated heterocycles. The van der Waals surface area contributed by atoms with Crippen LogP contribution in [0.4, 0.5) is 0 Å². The fourth-order valence-electron chi connectivity index (χ4n) is 1.35. The molecule has 0 aliphatic rings. The van der Waals surface area contributed by atoms with Gasteiger partial charge in [-0.1, -0.05) is 36.4 Å². The Labute approximate surface area is 79.2 Å². The van der Waals surface area contributed by atoms with E-state index in [4.69, 9.17) is 11.5 Å². The smallest absolute Gasteiger partial charge is 0.0568 e. The summed E-state index contributed by atoms with van der Waals surface area (Å²) in [6, 6.07) is 9.90. The summed E-state index contributed by atoms with van der Waals surface area (Å²) in [6.07, 6.45) is 2.51. The molecule has 2 heteroatoms. The molecule has 4 N–H and O–H groups in total. The quantitative estimate of drug-likeness (QED) is 0.681. The molecule has 0 heterocycles. The average Bonchev–Trinajstić information content (AvgIpc) is 2.19. The Morgan fingerprint density at radius 1 is 1.31 bits per heavy atom. The molecule has 1 aromatic rings. The van der Waals surface area contributed by atoms with Gasteiger partial charge in [-0.3, -0.25) is 0 Å². The molecular weight excluding hydrogens is 160 g/mol. The molecule has 0 radical (unpaired) electrons. The molecule has 0 bridgehead atoms. The number of rotatable bonds is 4. The molecule has 0 amide bonds. The SMILES string of the molecule is C=CCC(N)(CN)c1ccccc1. The molecule has 1 rings (SSSR count). The van der Waals surface area contributed by atoms with Crippen molar-refractivity contribution in [3.05, 3.63) is 48.6 Å². The summed E-state index contributed by atoms with van der Waals surface area (Å²) in [5.41, 5.74) is 12.4. The Hall–Kier alpha value is -1.12. The van der Waals surface area contributed by atoms with Gasteiger partial charge < -0.3 is 11.5 Å². The Morgan fingerprint density at radius 2 is 1.92 bits per heavy atom. The predicted molar refractivity (Wildman–Crippen MR) is 56.2 cm³/mol. The highest BCUT2D eigenvalue weighted by Gasteiger charge is 2.23. The lowest BCUT2D eigenvalue weighted by Crippen LogP contribution is -2.43. The van der Waals surface area contributed by atoms with Gasteiger partial charge in [-0.15, -0.1) is 6.58 Å². The highest BCUT2D eigenvalue weighted by Crippen LogP contribution is 2.20. The molecule has 1 aromatic carbocycles. The van der Waals surface area contributed by atoms with Crippen molar-refractivity contribution in [1.82, 2.24) is 0 Å². The second-order valence-electron chi connectivity index (χ2n) is 3.22. The van der Waals surface area contributed by atoms with Crippen LogP contribution >= 0.6 is 0 Å². The van der Waals surface area contributed by atoms with E-state index < -0.39 is 5.54 Å². The van der Waals surface area contributed by atoms with Crippen LogP contribution in [0.3, 0.4) is 0 Å². The molecule has 0 spiro atoms. The van der Waals surface area contributed by atoms with Crippen LogP contribution in [0, 0.1) is 0 Å². The summed E-state index contributed by atoms with van der Waals surface area (Å²) in [4.78, 5) is 0. The topological polar surface area (TPSA) is 52.0 Å². The van der Waals surface area contributed by atoms with E-state index in [0.29, 0.717) is 13.0 Å². The van der Waals surface area contributed by atoms with Gasteiger partial charge in [-0.2, -0.15) is 0 Å². The summed E-state index contributed by atoms with van der Waals surface area (Å²) in [6.45, 7) is 4.12. The van der Waals surface area contributed by atoms with Crippen molar-refractivity contribution in [3.63, 3.8) is 0 Å². The molecule has 2 nitrogen and oxygen atoms in total. The van der Waals surface area contributed by atoms with Gasteiger partial charge >= 0.3 is 0 Å². The molecule has 0 saturated carbocycles. The number of hydrogen-bond acceptors (Lipinski definition) is 2. The number of hydrogen-bond donors (Lipinski definition) is 2. The fourth-order valence-corrected chi connectivity index (χ4v) is 1.35. The first-order chi connectivity index (χ1) is 6.23. The molecule has 0 aliphatic heterocycles. The highest BCUT2D eigenvalue weighted by molar-refractivity contribution is 5.25. The number of benzene rings is 1. The first-order valence-electron chi connectivity index (χ1n) is 4.38. The Morgan fingerprint density at radius 3 is 2.38 bits per heavy atom. The van der Waals surface area contributed by atoms with Crippen LogP contribution in [0.25, 0.3) is 0 Å². The van der Waals surface area contributed by atoms with Crippen molar-refractivity contribution < 1.29 is 0 Å². The first kappa shape index (κ1) is 9.96. The van der Waals surface area contributed by atoms with E-state index >= 15 is 0 Å². The van der Waals surface area contributed by atoms with Crippen LogP contribution in [0.15, 0.2) is 43.0 Å². The van der Waals surface area contributed by atoms with Gasteiger partial charge in [-0.25, -0.2) is 0 Å². The molecular formula is C11H16N2. The molecule has 1 atom stereocenters. The molecule has 13 heavy (non-hydrogen) atoms. The minimum atomic E-state index is -0.455. The van der Waals surface area contributed by atoms with Gasteiger partial charge in [0.15, 0.2) is 0 Å². The fraction of sp³-hybridized carbons (Fsp3) is 0.273. The van der Waals surface area contributed by atoms with Gasteiger partial charge in [0, 0.05) is 6.54 Å². The monoisotopic (exact) mass is 176 g/mol. The molecule has 0 aromatic heterocycles. The molecule has 70 valence electrons. The van der Waals surface area contributed by atoms with Crippen LogP contribution in [0.2, 0.25) is 0 Å². The second kappa shape index (κ2) is 4.21. The normalized spacial score (nSPS) is 14.9. The van der Waals surface area contributed by atoms with Crippen molar-refractivity contribution in [1.29, 1.82) is 0 Å². The highest BCUT2D eigenvalue weighted by atomic mass is 14.8. The Kier molecular flexibility index (Phi) is 3.23. The van der Waals surface area contributed by atoms with Crippen molar-refractivity contribution in [3.8, 4) is 0 Å². The second-order valence-corrected chi connectivity index (χ2v) is 3.22. The predicted octanol–water partition coefficient (Wildman–Crippen LogP) is 1.38.